The van der Waals surface area contributed by atoms with Crippen LogP contribution in [-0.4, -0.2) is 28.1 Å². The molecule has 2 aliphatic carbocycles. The summed E-state index contributed by atoms with van der Waals surface area (Å²) in [6.45, 7) is 0. The van der Waals surface area contributed by atoms with Gasteiger partial charge in [-0.1, -0.05) is 12.8 Å². The molecule has 0 bridgehead atoms. The molecule has 1 aromatic heterocycles. The fraction of sp³-hybridized carbons (Fsp3) is 0.476. The normalized spacial score (nSPS) is 17.1. The lowest BCUT2D eigenvalue weighted by Gasteiger charge is -2.23. The molecule has 0 fully saturated rings. The van der Waals surface area contributed by atoms with Gasteiger partial charge in [-0.05, 0) is 73.3 Å². The number of anilines is 2. The highest BCUT2D eigenvalue weighted by Crippen LogP contribution is 2.41. The Morgan fingerprint density at radius 2 is 1.62 bits per heavy atom. The van der Waals surface area contributed by atoms with Crippen molar-refractivity contribution in [1.82, 2.24) is 9.97 Å². The SMILES string of the molecule is CN(c1cc2c3c(c1)CCCCC3CCCC2)c1ncc(C(=O)O)cn1. The molecule has 2 aromatic rings. The molecule has 5 nitrogen and oxygen atoms in total. The van der Waals surface area contributed by atoms with Crippen LogP contribution in [-0.2, 0) is 12.8 Å². The minimum atomic E-state index is -1.00. The fourth-order valence-corrected chi connectivity index (χ4v) is 4.46. The van der Waals surface area contributed by atoms with Crippen LogP contribution in [0.5, 0.6) is 0 Å². The van der Waals surface area contributed by atoms with Gasteiger partial charge in [-0.15, -0.1) is 0 Å². The Bertz CT molecular complexity index is 784. The van der Waals surface area contributed by atoms with Gasteiger partial charge in [0.2, 0.25) is 5.95 Å². The molecular formula is C21H25N3O2. The van der Waals surface area contributed by atoms with Crippen LogP contribution in [0.3, 0.4) is 0 Å². The molecule has 0 saturated heterocycles. The van der Waals surface area contributed by atoms with Crippen LogP contribution in [0.1, 0.15) is 71.5 Å². The molecule has 1 heterocycles. The predicted octanol–water partition coefficient (Wildman–Crippen LogP) is 4.48. The lowest BCUT2D eigenvalue weighted by Crippen LogP contribution is -2.15. The van der Waals surface area contributed by atoms with Crippen LogP contribution in [0.25, 0.3) is 0 Å². The summed E-state index contributed by atoms with van der Waals surface area (Å²) in [4.78, 5) is 21.5. The summed E-state index contributed by atoms with van der Waals surface area (Å²) in [5.74, 6) is 0.257. The van der Waals surface area contributed by atoms with E-state index in [4.69, 9.17) is 5.11 Å². The molecule has 136 valence electrons. The summed E-state index contributed by atoms with van der Waals surface area (Å²) in [5, 5.41) is 9.02. The third kappa shape index (κ3) is 3.18. The van der Waals surface area contributed by atoms with E-state index in [1.54, 1.807) is 5.56 Å². The molecular weight excluding hydrogens is 326 g/mol. The number of carbonyl (C=O) groups is 1. The van der Waals surface area contributed by atoms with Crippen molar-refractivity contribution in [1.29, 1.82) is 0 Å². The van der Waals surface area contributed by atoms with Crippen molar-refractivity contribution in [2.24, 2.45) is 0 Å². The van der Waals surface area contributed by atoms with E-state index in [0.29, 0.717) is 5.95 Å². The maximum atomic E-state index is 11.0. The minimum Gasteiger partial charge on any atom is -0.478 e. The van der Waals surface area contributed by atoms with E-state index in [2.05, 4.69) is 22.1 Å². The van der Waals surface area contributed by atoms with Crippen molar-refractivity contribution in [2.75, 3.05) is 11.9 Å². The molecule has 0 aliphatic heterocycles. The van der Waals surface area contributed by atoms with Crippen LogP contribution in [0.4, 0.5) is 11.6 Å². The lowest BCUT2D eigenvalue weighted by atomic mass is 9.87. The van der Waals surface area contributed by atoms with Crippen LogP contribution in [0.15, 0.2) is 24.5 Å². The predicted molar refractivity (Wildman–Crippen MR) is 101 cm³/mol. The van der Waals surface area contributed by atoms with Gasteiger partial charge in [0.15, 0.2) is 0 Å². The van der Waals surface area contributed by atoms with Crippen LogP contribution in [0, 0.1) is 0 Å². The number of benzene rings is 1. The molecule has 0 saturated carbocycles. The summed E-state index contributed by atoms with van der Waals surface area (Å²) in [5.41, 5.74) is 5.83. The summed E-state index contributed by atoms with van der Waals surface area (Å²) in [6.07, 6.45) is 12.9. The maximum absolute atomic E-state index is 11.0. The molecule has 0 amide bonds. The van der Waals surface area contributed by atoms with Gasteiger partial charge < -0.3 is 10.0 Å². The van der Waals surface area contributed by atoms with Gasteiger partial charge in [0, 0.05) is 25.1 Å². The topological polar surface area (TPSA) is 66.3 Å². The monoisotopic (exact) mass is 351 g/mol. The number of aromatic carboxylic acids is 1. The molecule has 2 aliphatic rings. The first-order valence-corrected chi connectivity index (χ1v) is 9.58. The Balaban J connectivity index is 1.72. The van der Waals surface area contributed by atoms with Gasteiger partial charge in [0.05, 0.1) is 5.56 Å². The minimum absolute atomic E-state index is 0.110. The quantitative estimate of drug-likeness (QED) is 0.883. The van der Waals surface area contributed by atoms with E-state index in [1.807, 2.05) is 11.9 Å². The second-order valence-corrected chi connectivity index (χ2v) is 7.50. The third-order valence-corrected chi connectivity index (χ3v) is 5.81. The van der Waals surface area contributed by atoms with Gasteiger partial charge in [-0.25, -0.2) is 14.8 Å². The smallest absolute Gasteiger partial charge is 0.338 e. The molecule has 1 aromatic carbocycles. The molecule has 0 radical (unpaired) electrons. The Labute approximate surface area is 154 Å². The second-order valence-electron chi connectivity index (χ2n) is 7.50. The van der Waals surface area contributed by atoms with Gasteiger partial charge in [-0.2, -0.15) is 0 Å². The first kappa shape index (κ1) is 17.0. The fourth-order valence-electron chi connectivity index (χ4n) is 4.46. The molecule has 0 spiro atoms. The van der Waals surface area contributed by atoms with Gasteiger partial charge in [-0.3, -0.25) is 0 Å². The maximum Gasteiger partial charge on any atom is 0.338 e. The number of hydrogen-bond acceptors (Lipinski definition) is 4. The number of aryl methyl sites for hydroxylation is 2. The van der Waals surface area contributed by atoms with Gasteiger partial charge in [0.1, 0.15) is 0 Å². The molecule has 0 atom stereocenters. The van der Waals surface area contributed by atoms with Crippen LogP contribution >= 0.6 is 0 Å². The van der Waals surface area contributed by atoms with E-state index < -0.39 is 5.97 Å². The van der Waals surface area contributed by atoms with Crippen molar-refractivity contribution >= 4 is 17.6 Å². The molecule has 4 rings (SSSR count). The summed E-state index contributed by atoms with van der Waals surface area (Å²) in [7, 11) is 1.95. The summed E-state index contributed by atoms with van der Waals surface area (Å²) < 4.78 is 0. The van der Waals surface area contributed by atoms with Gasteiger partial charge >= 0.3 is 5.97 Å². The lowest BCUT2D eigenvalue weighted by molar-refractivity contribution is 0.0696. The zero-order valence-electron chi connectivity index (χ0n) is 15.2. The van der Waals surface area contributed by atoms with E-state index in [1.165, 1.54) is 62.0 Å². The van der Waals surface area contributed by atoms with E-state index in [0.717, 1.165) is 24.4 Å². The third-order valence-electron chi connectivity index (χ3n) is 5.81. The van der Waals surface area contributed by atoms with E-state index in [-0.39, 0.29) is 5.56 Å². The molecule has 26 heavy (non-hydrogen) atoms. The van der Waals surface area contributed by atoms with Crippen molar-refractivity contribution in [2.45, 2.75) is 57.3 Å². The van der Waals surface area contributed by atoms with E-state index in [9.17, 15) is 4.79 Å². The highest BCUT2D eigenvalue weighted by atomic mass is 16.4. The Morgan fingerprint density at radius 3 is 2.15 bits per heavy atom. The summed E-state index contributed by atoms with van der Waals surface area (Å²) >= 11 is 0. The average Bonchev–Trinajstić information content (AvgIpc) is 2.99. The first-order valence-electron chi connectivity index (χ1n) is 9.58. The van der Waals surface area contributed by atoms with Crippen LogP contribution < -0.4 is 4.90 Å². The number of aromatic nitrogens is 2. The van der Waals surface area contributed by atoms with Gasteiger partial charge in [0.25, 0.3) is 0 Å². The number of nitrogens with zero attached hydrogens (tertiary/aromatic N) is 3. The Morgan fingerprint density at radius 1 is 1.04 bits per heavy atom. The molecule has 5 heteroatoms. The largest absolute Gasteiger partial charge is 0.478 e. The number of hydrogen-bond donors (Lipinski definition) is 1. The van der Waals surface area contributed by atoms with Crippen molar-refractivity contribution < 1.29 is 9.90 Å². The van der Waals surface area contributed by atoms with Crippen LogP contribution in [0.2, 0.25) is 0 Å². The zero-order valence-corrected chi connectivity index (χ0v) is 15.2. The number of carboxylic acid groups (broad SMARTS) is 1. The Kier molecular flexibility index (Phi) is 4.62. The second kappa shape index (κ2) is 7.06. The highest BCUT2D eigenvalue weighted by Gasteiger charge is 2.25. The number of rotatable bonds is 3. The number of carboxylic acids is 1. The standard InChI is InChI=1S/C21H25N3O2/c1-24(21-22-12-17(13-23-21)20(25)26)18-10-15-8-4-2-6-14-7-3-5-9-16(11-18)19(14)15/h10-14H,2-9H2,1H3,(H,25,26). The first-order chi connectivity index (χ1) is 12.6. The van der Waals surface area contributed by atoms with E-state index >= 15 is 0 Å². The highest BCUT2D eigenvalue weighted by molar-refractivity contribution is 5.86. The van der Waals surface area contributed by atoms with Crippen molar-refractivity contribution in [3.63, 3.8) is 0 Å². The zero-order chi connectivity index (χ0) is 18.1. The van der Waals surface area contributed by atoms with Crippen molar-refractivity contribution in [3.8, 4) is 0 Å². The average molecular weight is 351 g/mol. The summed E-state index contributed by atoms with van der Waals surface area (Å²) in [6, 6.07) is 4.61. The Hall–Kier alpha value is -2.43. The van der Waals surface area contributed by atoms with Crippen molar-refractivity contribution in [3.05, 3.63) is 46.8 Å². The molecule has 1 N–H and O–H groups in total. The molecule has 0 unspecified atom stereocenters.